The van der Waals surface area contributed by atoms with Gasteiger partial charge in [0.15, 0.2) is 0 Å². The molecular formula is C30H27ClN4O4. The highest BCUT2D eigenvalue weighted by molar-refractivity contribution is 6.67. The van der Waals surface area contributed by atoms with Crippen molar-refractivity contribution in [3.05, 3.63) is 118 Å². The van der Waals surface area contributed by atoms with Crippen LogP contribution in [0.1, 0.15) is 59.7 Å². The fourth-order valence-electron chi connectivity index (χ4n) is 3.03. The van der Waals surface area contributed by atoms with Gasteiger partial charge in [-0.05, 0) is 93.4 Å². The van der Waals surface area contributed by atoms with Crippen molar-refractivity contribution >= 4 is 34.4 Å². The molecule has 4 rings (SSSR count). The van der Waals surface area contributed by atoms with Gasteiger partial charge in [0.25, 0.3) is 11.1 Å². The minimum atomic E-state index is -0.983. The molecule has 0 aliphatic rings. The lowest BCUT2D eigenvalue weighted by atomic mass is 10.1. The number of amides is 1. The maximum Gasteiger partial charge on any atom is 0.354 e. The predicted molar refractivity (Wildman–Crippen MR) is 151 cm³/mol. The maximum atomic E-state index is 12.0. The highest BCUT2D eigenvalue weighted by Gasteiger charge is 2.08. The number of carbonyl (C=O) groups excluding carboxylic acids is 2. The average molecular weight is 543 g/mol. The van der Waals surface area contributed by atoms with Crippen LogP contribution in [-0.4, -0.2) is 37.2 Å². The average Bonchev–Trinajstić information content (AvgIpc) is 2.90. The fraction of sp³-hybridized carbons (Fsp3) is 0.133. The van der Waals surface area contributed by atoms with E-state index in [0.29, 0.717) is 17.1 Å². The molecule has 1 amide bonds. The molecule has 1 aromatic carbocycles. The molecule has 2 N–H and O–H groups in total. The van der Waals surface area contributed by atoms with Gasteiger partial charge in [0, 0.05) is 28.3 Å². The van der Waals surface area contributed by atoms with E-state index in [4.69, 9.17) is 23.1 Å². The third-order valence-corrected chi connectivity index (χ3v) is 5.16. The molecule has 39 heavy (non-hydrogen) atoms. The van der Waals surface area contributed by atoms with E-state index in [9.17, 15) is 14.4 Å². The van der Waals surface area contributed by atoms with Crippen molar-refractivity contribution in [3.8, 4) is 12.3 Å². The van der Waals surface area contributed by atoms with E-state index in [1.54, 1.807) is 49.4 Å². The SMILES string of the molecule is C#Cc1cc(NC(=O)c2cccc(C)n2)ccc1C.Cc1cccc(C(=O)Cl)n1.Cc1cccc(C(=O)O)n1. The second-order valence-corrected chi connectivity index (χ2v) is 8.54. The molecule has 198 valence electrons. The Balaban J connectivity index is 0.000000225. The van der Waals surface area contributed by atoms with Crippen LogP contribution < -0.4 is 5.32 Å². The van der Waals surface area contributed by atoms with E-state index in [-0.39, 0.29) is 11.6 Å². The highest BCUT2D eigenvalue weighted by atomic mass is 35.5. The molecule has 0 radical (unpaired) electrons. The van der Waals surface area contributed by atoms with E-state index < -0.39 is 11.2 Å². The van der Waals surface area contributed by atoms with Crippen molar-refractivity contribution in [1.29, 1.82) is 0 Å². The third kappa shape index (κ3) is 10.2. The summed E-state index contributed by atoms with van der Waals surface area (Å²) in [5.41, 5.74) is 5.58. The van der Waals surface area contributed by atoms with Crippen molar-refractivity contribution in [2.45, 2.75) is 27.7 Å². The molecule has 0 spiro atoms. The molecule has 0 unspecified atom stereocenters. The number of anilines is 1. The molecular weight excluding hydrogens is 516 g/mol. The van der Waals surface area contributed by atoms with Crippen molar-refractivity contribution in [1.82, 2.24) is 15.0 Å². The van der Waals surface area contributed by atoms with Crippen molar-refractivity contribution in [2.24, 2.45) is 0 Å². The normalized spacial score (nSPS) is 9.54. The summed E-state index contributed by atoms with van der Waals surface area (Å²) < 4.78 is 0. The Morgan fingerprint density at radius 3 is 1.69 bits per heavy atom. The molecule has 3 aromatic heterocycles. The van der Waals surface area contributed by atoms with Crippen LogP contribution in [0.25, 0.3) is 0 Å². The van der Waals surface area contributed by atoms with Crippen LogP contribution in [0.3, 0.4) is 0 Å². The van der Waals surface area contributed by atoms with E-state index in [2.05, 4.69) is 26.2 Å². The number of aromatic carboxylic acids is 1. The van der Waals surface area contributed by atoms with Gasteiger partial charge in [-0.3, -0.25) is 9.59 Å². The van der Waals surface area contributed by atoms with Crippen LogP contribution in [0.15, 0.2) is 72.8 Å². The Morgan fingerprint density at radius 2 is 1.26 bits per heavy atom. The number of nitrogens with zero attached hydrogens (tertiary/aromatic N) is 3. The van der Waals surface area contributed by atoms with Gasteiger partial charge in [0.2, 0.25) is 0 Å². The lowest BCUT2D eigenvalue weighted by Crippen LogP contribution is -2.14. The fourth-order valence-corrected chi connectivity index (χ4v) is 3.14. The van der Waals surface area contributed by atoms with Crippen LogP contribution in [-0.2, 0) is 0 Å². The summed E-state index contributed by atoms with van der Waals surface area (Å²) in [6, 6.07) is 20.9. The number of pyridine rings is 3. The van der Waals surface area contributed by atoms with Gasteiger partial charge in [-0.1, -0.05) is 30.2 Å². The molecule has 0 bridgehead atoms. The second kappa shape index (κ2) is 14.8. The standard InChI is InChI=1S/C16H14N2O.C7H6ClNO.C7H7NO2/c1-4-13-10-14(9-8-11(13)2)18-16(19)15-7-5-6-12(3)17-15;1-5-3-2-4-6(9-5)7(8)10;1-5-3-2-4-6(8-5)7(9)10/h1,5-10H,2-3H3,(H,18,19);2-4H,1H3;2-4H,1H3,(H,9,10). The van der Waals surface area contributed by atoms with Gasteiger partial charge < -0.3 is 10.4 Å². The molecule has 0 saturated carbocycles. The number of nitrogens with one attached hydrogen (secondary N) is 1. The zero-order chi connectivity index (χ0) is 28.9. The molecule has 0 fully saturated rings. The summed E-state index contributed by atoms with van der Waals surface area (Å²) >= 11 is 5.17. The first-order valence-electron chi connectivity index (χ1n) is 11.6. The zero-order valence-corrected chi connectivity index (χ0v) is 22.7. The summed E-state index contributed by atoms with van der Waals surface area (Å²) in [6.07, 6.45) is 5.41. The Bertz CT molecular complexity index is 1470. The van der Waals surface area contributed by atoms with E-state index in [1.807, 2.05) is 45.0 Å². The topological polar surface area (TPSA) is 122 Å². The van der Waals surface area contributed by atoms with Gasteiger partial charge in [-0.25, -0.2) is 19.7 Å². The molecule has 3 heterocycles. The number of aromatic nitrogens is 3. The van der Waals surface area contributed by atoms with Crippen molar-refractivity contribution < 1.29 is 19.5 Å². The first kappa shape index (κ1) is 30.4. The van der Waals surface area contributed by atoms with Gasteiger partial charge in [-0.15, -0.1) is 6.42 Å². The number of carboxylic acid groups (broad SMARTS) is 1. The number of rotatable bonds is 4. The Morgan fingerprint density at radius 1 is 0.769 bits per heavy atom. The monoisotopic (exact) mass is 542 g/mol. The van der Waals surface area contributed by atoms with Gasteiger partial charge in [0.05, 0.1) is 0 Å². The summed E-state index contributed by atoms with van der Waals surface area (Å²) in [5.74, 6) is 1.37. The number of benzene rings is 1. The van der Waals surface area contributed by atoms with E-state index in [1.165, 1.54) is 6.07 Å². The van der Waals surface area contributed by atoms with Crippen LogP contribution >= 0.6 is 11.6 Å². The van der Waals surface area contributed by atoms with E-state index in [0.717, 1.165) is 28.2 Å². The first-order chi connectivity index (χ1) is 18.5. The third-order valence-electron chi connectivity index (χ3n) is 4.97. The lowest BCUT2D eigenvalue weighted by molar-refractivity contribution is 0.0689. The Hall–Kier alpha value is -4.87. The molecule has 0 aliphatic carbocycles. The number of carboxylic acids is 1. The van der Waals surface area contributed by atoms with Crippen molar-refractivity contribution in [2.75, 3.05) is 5.32 Å². The number of hydrogen-bond acceptors (Lipinski definition) is 6. The van der Waals surface area contributed by atoms with E-state index >= 15 is 0 Å². The van der Waals surface area contributed by atoms with Crippen LogP contribution in [0.4, 0.5) is 5.69 Å². The smallest absolute Gasteiger partial charge is 0.354 e. The summed E-state index contributed by atoms with van der Waals surface area (Å²) in [5, 5.41) is 10.7. The molecule has 0 atom stereocenters. The number of terminal acetylenes is 1. The lowest BCUT2D eigenvalue weighted by Gasteiger charge is -2.07. The maximum absolute atomic E-state index is 12.0. The largest absolute Gasteiger partial charge is 0.477 e. The minimum absolute atomic E-state index is 0.0972. The first-order valence-corrected chi connectivity index (χ1v) is 12.0. The van der Waals surface area contributed by atoms with Crippen LogP contribution in [0, 0.1) is 40.0 Å². The van der Waals surface area contributed by atoms with Crippen LogP contribution in [0.5, 0.6) is 0 Å². The molecule has 0 saturated heterocycles. The number of hydrogen-bond donors (Lipinski definition) is 2. The summed E-state index contributed by atoms with van der Waals surface area (Å²) in [7, 11) is 0. The highest BCUT2D eigenvalue weighted by Crippen LogP contribution is 2.15. The Labute approximate surface area is 232 Å². The van der Waals surface area contributed by atoms with Gasteiger partial charge >= 0.3 is 5.97 Å². The molecule has 9 heteroatoms. The zero-order valence-electron chi connectivity index (χ0n) is 21.9. The number of aryl methyl sites for hydroxylation is 4. The number of halogens is 1. The molecule has 0 aliphatic heterocycles. The van der Waals surface area contributed by atoms with Gasteiger partial charge in [0.1, 0.15) is 17.1 Å². The second-order valence-electron chi connectivity index (χ2n) is 8.20. The van der Waals surface area contributed by atoms with Crippen LogP contribution in [0.2, 0.25) is 0 Å². The molecule has 8 nitrogen and oxygen atoms in total. The quantitative estimate of drug-likeness (QED) is 0.247. The minimum Gasteiger partial charge on any atom is -0.477 e. The summed E-state index contributed by atoms with van der Waals surface area (Å²) in [4.78, 5) is 44.7. The van der Waals surface area contributed by atoms with Crippen molar-refractivity contribution in [3.63, 3.8) is 0 Å². The number of carbonyl (C=O) groups is 3. The molecule has 4 aromatic rings. The summed E-state index contributed by atoms with van der Waals surface area (Å²) in [6.45, 7) is 7.35. The Kier molecular flexibility index (Phi) is 11.5. The predicted octanol–water partition coefficient (Wildman–Crippen LogP) is 5.79. The van der Waals surface area contributed by atoms with Gasteiger partial charge in [-0.2, -0.15) is 0 Å².